The van der Waals surface area contributed by atoms with E-state index in [-0.39, 0.29) is 36.2 Å². The monoisotopic (exact) mass is 499 g/mol. The molecule has 4 aliphatic rings. The van der Waals surface area contributed by atoms with Crippen LogP contribution in [0.2, 0.25) is 0 Å². The van der Waals surface area contributed by atoms with Gasteiger partial charge in [0.15, 0.2) is 0 Å². The van der Waals surface area contributed by atoms with Crippen LogP contribution in [0.15, 0.2) is 11.6 Å². The summed E-state index contributed by atoms with van der Waals surface area (Å²) in [5.41, 5.74) is 2.35. The van der Waals surface area contributed by atoms with Gasteiger partial charge in [-0.2, -0.15) is 0 Å². The maximum absolute atomic E-state index is 12.3. The van der Waals surface area contributed by atoms with E-state index in [0.29, 0.717) is 5.41 Å². The van der Waals surface area contributed by atoms with Crippen LogP contribution in [0.4, 0.5) is 0 Å². The molecule has 0 spiro atoms. The van der Waals surface area contributed by atoms with Gasteiger partial charge in [-0.1, -0.05) is 65.5 Å². The Kier molecular flexibility index (Phi) is 8.62. The van der Waals surface area contributed by atoms with Crippen molar-refractivity contribution in [2.75, 3.05) is 7.05 Å². The molecule has 0 bridgehead atoms. The third-order valence-corrected chi connectivity index (χ3v) is 11.4. The van der Waals surface area contributed by atoms with Gasteiger partial charge < -0.3 is 10.1 Å². The van der Waals surface area contributed by atoms with E-state index in [2.05, 4.69) is 46.0 Å². The van der Waals surface area contributed by atoms with Crippen LogP contribution < -0.4 is 5.32 Å². The Morgan fingerprint density at radius 3 is 2.53 bits per heavy atom. The average molecular weight is 500 g/mol. The average Bonchev–Trinajstić information content (AvgIpc) is 3.19. The number of nitrogens with one attached hydrogen (secondary N) is 1. The van der Waals surface area contributed by atoms with Crippen LogP contribution in [0.5, 0.6) is 0 Å². The highest BCUT2D eigenvalue weighted by Gasteiger charge is 2.59. The number of allylic oxidation sites excluding steroid dienone is 1. The molecule has 8 atom stereocenters. The number of ether oxygens (including phenoxy) is 1. The number of amides is 1. The summed E-state index contributed by atoms with van der Waals surface area (Å²) in [6.07, 6.45) is 17.0. The molecule has 1 amide bonds. The number of hydrogen-bond donors (Lipinski definition) is 1. The minimum Gasteiger partial charge on any atom is -0.462 e. The summed E-state index contributed by atoms with van der Waals surface area (Å²) in [6, 6.07) is 0. The third kappa shape index (κ3) is 5.44. The van der Waals surface area contributed by atoms with Crippen molar-refractivity contribution in [1.29, 1.82) is 0 Å². The molecule has 36 heavy (non-hydrogen) atoms. The Morgan fingerprint density at radius 2 is 1.81 bits per heavy atom. The molecule has 0 aromatic heterocycles. The van der Waals surface area contributed by atoms with Crippen LogP contribution in [0, 0.1) is 46.3 Å². The quantitative estimate of drug-likeness (QED) is 0.264. The van der Waals surface area contributed by atoms with E-state index in [9.17, 15) is 9.59 Å². The molecular formula is C32H53NO3. The van der Waals surface area contributed by atoms with Crippen molar-refractivity contribution in [2.45, 2.75) is 124 Å². The fourth-order valence-corrected chi connectivity index (χ4v) is 9.34. The molecule has 4 rings (SSSR count). The van der Waals surface area contributed by atoms with Crippen LogP contribution in [-0.4, -0.2) is 25.0 Å². The van der Waals surface area contributed by atoms with Crippen molar-refractivity contribution in [3.05, 3.63) is 11.6 Å². The summed E-state index contributed by atoms with van der Waals surface area (Å²) in [6.45, 7) is 12.5. The lowest BCUT2D eigenvalue weighted by Gasteiger charge is -2.58. The first kappa shape index (κ1) is 27.7. The fourth-order valence-electron chi connectivity index (χ4n) is 9.34. The van der Waals surface area contributed by atoms with Gasteiger partial charge in [-0.25, -0.2) is 0 Å². The molecule has 0 aromatic rings. The van der Waals surface area contributed by atoms with E-state index in [1.165, 1.54) is 51.4 Å². The van der Waals surface area contributed by atoms with Gasteiger partial charge in [0.1, 0.15) is 6.10 Å². The molecule has 0 aliphatic heterocycles. The normalized spacial score (nSPS) is 38.4. The summed E-state index contributed by atoms with van der Waals surface area (Å²) in [7, 11) is 1.60. The van der Waals surface area contributed by atoms with E-state index in [1.54, 1.807) is 12.6 Å². The van der Waals surface area contributed by atoms with Gasteiger partial charge in [0.2, 0.25) is 5.91 Å². The summed E-state index contributed by atoms with van der Waals surface area (Å²) in [5.74, 6) is 4.75. The molecule has 204 valence electrons. The highest BCUT2D eigenvalue weighted by atomic mass is 16.5. The fraction of sp³-hybridized carbons (Fsp3) is 0.875. The lowest BCUT2D eigenvalue weighted by atomic mass is 9.47. The molecule has 0 heterocycles. The zero-order chi connectivity index (χ0) is 26.1. The first-order chi connectivity index (χ1) is 17.1. The lowest BCUT2D eigenvalue weighted by molar-refractivity contribution is -0.152. The molecule has 1 N–H and O–H groups in total. The van der Waals surface area contributed by atoms with Crippen LogP contribution in [0.3, 0.4) is 0 Å². The summed E-state index contributed by atoms with van der Waals surface area (Å²) < 4.78 is 5.83. The smallest absolute Gasteiger partial charge is 0.306 e. The SMILES string of the molecule is CNC(=O)CCC(=O)O[C@H]1CC[C@@]2(C)C(=CCC3C4CCC([C@H](C)CCCC(C)C)[C@@]4(C)CCC32)C1. The predicted octanol–water partition coefficient (Wildman–Crippen LogP) is 7.47. The van der Waals surface area contributed by atoms with E-state index >= 15 is 0 Å². The molecule has 0 radical (unpaired) electrons. The molecule has 0 saturated heterocycles. The first-order valence-corrected chi connectivity index (χ1v) is 15.2. The largest absolute Gasteiger partial charge is 0.462 e. The van der Waals surface area contributed by atoms with E-state index in [1.807, 2.05) is 0 Å². The maximum Gasteiger partial charge on any atom is 0.306 e. The second-order valence-corrected chi connectivity index (χ2v) is 13.8. The lowest BCUT2D eigenvalue weighted by Crippen LogP contribution is -2.51. The van der Waals surface area contributed by atoms with Gasteiger partial charge >= 0.3 is 5.97 Å². The zero-order valence-electron chi connectivity index (χ0n) is 24.0. The zero-order valence-corrected chi connectivity index (χ0v) is 24.0. The predicted molar refractivity (Wildman–Crippen MR) is 146 cm³/mol. The Bertz CT molecular complexity index is 833. The number of carbonyl (C=O) groups is 2. The van der Waals surface area contributed by atoms with Crippen LogP contribution in [0.25, 0.3) is 0 Å². The number of esters is 1. The van der Waals surface area contributed by atoms with Gasteiger partial charge in [0, 0.05) is 19.9 Å². The summed E-state index contributed by atoms with van der Waals surface area (Å²) in [5, 5.41) is 2.58. The molecule has 4 nitrogen and oxygen atoms in total. The highest BCUT2D eigenvalue weighted by molar-refractivity contribution is 5.81. The van der Waals surface area contributed by atoms with Crippen LogP contribution >= 0.6 is 0 Å². The van der Waals surface area contributed by atoms with Gasteiger partial charge in [-0.15, -0.1) is 0 Å². The first-order valence-electron chi connectivity index (χ1n) is 15.2. The van der Waals surface area contributed by atoms with Crippen molar-refractivity contribution < 1.29 is 14.3 Å². The number of fused-ring (bicyclic) bond motifs is 5. The van der Waals surface area contributed by atoms with Crippen molar-refractivity contribution in [1.82, 2.24) is 5.32 Å². The second kappa shape index (κ2) is 11.2. The molecular weight excluding hydrogens is 446 g/mol. The van der Waals surface area contributed by atoms with Crippen molar-refractivity contribution in [3.8, 4) is 0 Å². The Morgan fingerprint density at radius 1 is 1.03 bits per heavy atom. The highest BCUT2D eigenvalue weighted by Crippen LogP contribution is 2.67. The van der Waals surface area contributed by atoms with Gasteiger partial charge in [-0.3, -0.25) is 9.59 Å². The molecule has 4 heteroatoms. The van der Waals surface area contributed by atoms with Gasteiger partial charge in [0.05, 0.1) is 6.42 Å². The summed E-state index contributed by atoms with van der Waals surface area (Å²) in [4.78, 5) is 23.8. The van der Waals surface area contributed by atoms with Crippen molar-refractivity contribution in [3.63, 3.8) is 0 Å². The molecule has 4 aliphatic carbocycles. The molecule has 3 saturated carbocycles. The maximum atomic E-state index is 12.3. The Balaban J connectivity index is 1.38. The molecule has 0 aromatic carbocycles. The minimum atomic E-state index is -0.227. The van der Waals surface area contributed by atoms with E-state index in [4.69, 9.17) is 4.74 Å². The van der Waals surface area contributed by atoms with Crippen molar-refractivity contribution >= 4 is 11.9 Å². The number of rotatable bonds is 9. The molecule has 4 unspecified atom stereocenters. The van der Waals surface area contributed by atoms with Gasteiger partial charge in [-0.05, 0) is 91.3 Å². The van der Waals surface area contributed by atoms with Crippen LogP contribution in [0.1, 0.15) is 118 Å². The van der Waals surface area contributed by atoms with Crippen molar-refractivity contribution in [2.24, 2.45) is 46.3 Å². The molecule has 3 fully saturated rings. The standard InChI is InChI=1S/C32H53NO3/c1-21(2)8-7-9-22(3)26-12-13-27-25-11-10-23-20-24(36-30(35)15-14-29(34)33-6)16-18-31(23,4)28(25)17-19-32(26,27)5/h10,21-22,24-28H,7-9,11-20H2,1-6H3,(H,33,34)/t22-,24+,25?,26?,27?,28?,31+,32-/m1/s1. The Labute approximate surface area is 220 Å². The van der Waals surface area contributed by atoms with Gasteiger partial charge in [0.25, 0.3) is 0 Å². The van der Waals surface area contributed by atoms with E-state index < -0.39 is 0 Å². The number of carbonyl (C=O) groups excluding carboxylic acids is 2. The Hall–Kier alpha value is -1.32. The topological polar surface area (TPSA) is 55.4 Å². The third-order valence-electron chi connectivity index (χ3n) is 11.4. The number of hydrogen-bond acceptors (Lipinski definition) is 3. The van der Waals surface area contributed by atoms with E-state index in [0.717, 1.165) is 54.8 Å². The second-order valence-electron chi connectivity index (χ2n) is 13.8. The minimum absolute atomic E-state index is 0.0190. The summed E-state index contributed by atoms with van der Waals surface area (Å²) >= 11 is 0. The van der Waals surface area contributed by atoms with Crippen LogP contribution in [-0.2, 0) is 14.3 Å².